The van der Waals surface area contributed by atoms with Gasteiger partial charge in [0.25, 0.3) is 0 Å². The average Bonchev–Trinajstić information content (AvgIpc) is 2.92. The molecule has 1 aliphatic rings. The van der Waals surface area contributed by atoms with Crippen molar-refractivity contribution in [1.29, 1.82) is 0 Å². The topological polar surface area (TPSA) is 66.2 Å². The van der Waals surface area contributed by atoms with Crippen LogP contribution >= 0.6 is 11.6 Å². The minimum Gasteiger partial charge on any atom is -0.465 e. The maximum atomic E-state index is 11.8. The van der Waals surface area contributed by atoms with Crippen molar-refractivity contribution in [3.8, 4) is 28.6 Å². The Hall–Kier alpha value is -2.86. The largest absolute Gasteiger partial charge is 0.465 e. The molecule has 3 aromatic rings. The molecule has 6 nitrogen and oxygen atoms in total. The molecule has 7 heteroatoms. The van der Waals surface area contributed by atoms with E-state index in [4.69, 9.17) is 21.1 Å². The Balaban J connectivity index is 2.00. The molecule has 0 spiro atoms. The molecule has 1 aliphatic heterocycles. The predicted molar refractivity (Wildman–Crippen MR) is 88.0 cm³/mol. The van der Waals surface area contributed by atoms with E-state index in [0.717, 1.165) is 17.0 Å². The molecule has 0 fully saturated rings. The smallest absolute Gasteiger partial charge is 0.339 e. The van der Waals surface area contributed by atoms with Crippen molar-refractivity contribution in [1.82, 2.24) is 14.8 Å². The molecule has 4 rings (SSSR count). The maximum Gasteiger partial charge on any atom is 0.339 e. The molecule has 0 aliphatic carbocycles. The summed E-state index contributed by atoms with van der Waals surface area (Å²) in [5.41, 5.74) is 2.77. The molecular weight excluding hydrogens is 330 g/mol. The Kier molecular flexibility index (Phi) is 3.28. The van der Waals surface area contributed by atoms with E-state index in [9.17, 15) is 4.79 Å². The van der Waals surface area contributed by atoms with Gasteiger partial charge in [0, 0.05) is 22.8 Å². The van der Waals surface area contributed by atoms with Crippen LogP contribution in [-0.4, -0.2) is 27.8 Å². The number of pyridine rings is 1. The van der Waals surface area contributed by atoms with Gasteiger partial charge in [-0.1, -0.05) is 11.6 Å². The third kappa shape index (κ3) is 2.23. The summed E-state index contributed by atoms with van der Waals surface area (Å²) >= 11 is 6.14. The molecule has 0 amide bonds. The monoisotopic (exact) mass is 341 g/mol. The van der Waals surface area contributed by atoms with Gasteiger partial charge in [-0.15, -0.1) is 0 Å². The lowest BCUT2D eigenvalue weighted by atomic mass is 10.1. The summed E-state index contributed by atoms with van der Waals surface area (Å²) in [5.74, 6) is 1.05. The number of rotatable bonds is 1. The van der Waals surface area contributed by atoms with Gasteiger partial charge in [0.05, 0.1) is 24.1 Å². The summed E-state index contributed by atoms with van der Waals surface area (Å²) in [5, 5.41) is 5.09. The Morgan fingerprint density at radius 1 is 1.25 bits per heavy atom. The van der Waals surface area contributed by atoms with Crippen LogP contribution < -0.4 is 4.74 Å². The normalized spacial score (nSPS) is 11.6. The van der Waals surface area contributed by atoms with Gasteiger partial charge < -0.3 is 9.47 Å². The van der Waals surface area contributed by atoms with Gasteiger partial charge in [-0.3, -0.25) is 0 Å². The number of esters is 1. The Bertz CT molecular complexity index is 981. The predicted octanol–water partition coefficient (Wildman–Crippen LogP) is 3.79. The second-order valence-electron chi connectivity index (χ2n) is 5.36. The first kappa shape index (κ1) is 14.7. The number of carbonyl (C=O) groups is 1. The van der Waals surface area contributed by atoms with Crippen molar-refractivity contribution in [3.63, 3.8) is 0 Å². The van der Waals surface area contributed by atoms with E-state index in [1.54, 1.807) is 22.9 Å². The third-order valence-corrected chi connectivity index (χ3v) is 3.96. The Labute approximate surface area is 142 Å². The molecular formula is C17H12ClN3O3. The standard InChI is InChI=1S/C17H12ClN3O3/c1-9-5-13-12-7-11(18)3-4-14(12)24-15-6-10(17(22)23-2)8-19-16(15)21(13)20-9/h3-8H,1-2H3. The summed E-state index contributed by atoms with van der Waals surface area (Å²) in [6.45, 7) is 1.90. The van der Waals surface area contributed by atoms with Crippen molar-refractivity contribution in [2.45, 2.75) is 6.92 Å². The lowest BCUT2D eigenvalue weighted by molar-refractivity contribution is 0.0600. The van der Waals surface area contributed by atoms with Gasteiger partial charge in [0.2, 0.25) is 0 Å². The first-order valence-electron chi connectivity index (χ1n) is 7.20. The van der Waals surface area contributed by atoms with Gasteiger partial charge >= 0.3 is 5.97 Å². The Morgan fingerprint density at radius 3 is 2.88 bits per heavy atom. The minimum absolute atomic E-state index is 0.305. The van der Waals surface area contributed by atoms with E-state index >= 15 is 0 Å². The van der Waals surface area contributed by atoms with E-state index in [0.29, 0.717) is 27.9 Å². The molecule has 0 saturated heterocycles. The number of hydrogen-bond acceptors (Lipinski definition) is 5. The van der Waals surface area contributed by atoms with Gasteiger partial charge in [0.1, 0.15) is 5.75 Å². The van der Waals surface area contributed by atoms with Crippen molar-refractivity contribution >= 4 is 17.6 Å². The second-order valence-corrected chi connectivity index (χ2v) is 5.80. The zero-order chi connectivity index (χ0) is 16.8. The molecule has 0 bridgehead atoms. The molecule has 2 aromatic heterocycles. The summed E-state index contributed by atoms with van der Waals surface area (Å²) in [7, 11) is 1.32. The van der Waals surface area contributed by atoms with E-state index in [2.05, 4.69) is 10.1 Å². The van der Waals surface area contributed by atoms with Gasteiger partial charge in [-0.25, -0.2) is 14.5 Å². The summed E-state index contributed by atoms with van der Waals surface area (Å²) in [4.78, 5) is 16.1. The fourth-order valence-electron chi connectivity index (χ4n) is 2.66. The summed E-state index contributed by atoms with van der Waals surface area (Å²) in [6, 6.07) is 8.87. The van der Waals surface area contributed by atoms with E-state index in [-0.39, 0.29) is 0 Å². The highest BCUT2D eigenvalue weighted by atomic mass is 35.5. The van der Waals surface area contributed by atoms with Crippen LogP contribution in [0.3, 0.4) is 0 Å². The molecule has 3 heterocycles. The number of carbonyl (C=O) groups excluding carboxylic acids is 1. The van der Waals surface area contributed by atoms with E-state index in [1.165, 1.54) is 13.3 Å². The minimum atomic E-state index is -0.480. The van der Waals surface area contributed by atoms with Gasteiger partial charge in [0.15, 0.2) is 11.6 Å². The number of fused-ring (bicyclic) bond motifs is 5. The first-order valence-corrected chi connectivity index (χ1v) is 7.58. The van der Waals surface area contributed by atoms with Crippen molar-refractivity contribution in [2.75, 3.05) is 7.11 Å². The quantitative estimate of drug-likeness (QED) is 0.493. The summed E-state index contributed by atoms with van der Waals surface area (Å²) in [6.07, 6.45) is 1.44. The van der Waals surface area contributed by atoms with E-state index < -0.39 is 5.97 Å². The Morgan fingerprint density at radius 2 is 2.08 bits per heavy atom. The van der Waals surface area contributed by atoms with Crippen LogP contribution in [0.5, 0.6) is 11.5 Å². The lowest BCUT2D eigenvalue weighted by Gasteiger charge is -2.09. The maximum absolute atomic E-state index is 11.8. The number of hydrogen-bond donors (Lipinski definition) is 0. The molecule has 0 saturated carbocycles. The van der Waals surface area contributed by atoms with Crippen LogP contribution in [0, 0.1) is 6.92 Å². The van der Waals surface area contributed by atoms with Crippen molar-refractivity contribution in [3.05, 3.63) is 52.8 Å². The second kappa shape index (κ2) is 5.35. The van der Waals surface area contributed by atoms with Gasteiger partial charge in [-0.05, 0) is 31.2 Å². The van der Waals surface area contributed by atoms with Crippen LogP contribution in [0.15, 0.2) is 36.5 Å². The third-order valence-electron chi connectivity index (χ3n) is 3.72. The zero-order valence-corrected chi connectivity index (χ0v) is 13.7. The molecule has 0 N–H and O–H groups in total. The average molecular weight is 342 g/mol. The SMILES string of the molecule is COC(=O)c1cnc2c(c1)Oc1ccc(Cl)cc1-c1cc(C)nn1-2. The van der Waals surface area contributed by atoms with Crippen LogP contribution in [0.1, 0.15) is 16.1 Å². The van der Waals surface area contributed by atoms with Crippen LogP contribution in [0.2, 0.25) is 5.02 Å². The van der Waals surface area contributed by atoms with Crippen molar-refractivity contribution in [2.24, 2.45) is 0 Å². The van der Waals surface area contributed by atoms with Gasteiger partial charge in [-0.2, -0.15) is 5.10 Å². The molecule has 1 aromatic carbocycles. The van der Waals surface area contributed by atoms with Crippen LogP contribution in [0.25, 0.3) is 17.1 Å². The molecule has 0 atom stereocenters. The zero-order valence-electron chi connectivity index (χ0n) is 12.9. The number of aryl methyl sites for hydroxylation is 1. The molecule has 0 unspecified atom stereocenters. The lowest BCUT2D eigenvalue weighted by Crippen LogP contribution is -2.06. The number of benzene rings is 1. The number of nitrogens with zero attached hydrogens (tertiary/aromatic N) is 3. The van der Waals surface area contributed by atoms with Crippen molar-refractivity contribution < 1.29 is 14.3 Å². The number of aromatic nitrogens is 3. The highest BCUT2D eigenvalue weighted by molar-refractivity contribution is 6.31. The summed E-state index contributed by atoms with van der Waals surface area (Å²) < 4.78 is 12.4. The first-order chi connectivity index (χ1) is 11.6. The molecule has 120 valence electrons. The number of halogens is 1. The van der Waals surface area contributed by atoms with Crippen LogP contribution in [-0.2, 0) is 4.74 Å². The number of ether oxygens (including phenoxy) is 2. The fourth-order valence-corrected chi connectivity index (χ4v) is 2.84. The highest BCUT2D eigenvalue weighted by Crippen LogP contribution is 2.41. The van der Waals surface area contributed by atoms with E-state index in [1.807, 2.05) is 19.1 Å². The van der Waals surface area contributed by atoms with Crippen LogP contribution in [0.4, 0.5) is 0 Å². The molecule has 24 heavy (non-hydrogen) atoms. The highest BCUT2D eigenvalue weighted by Gasteiger charge is 2.24. The molecule has 0 radical (unpaired) electrons. The fraction of sp³-hybridized carbons (Fsp3) is 0.118. The number of methoxy groups -OCH3 is 1.